The minimum absolute atomic E-state index is 0.0672. The number of aliphatic hydroxyl groups excluding tert-OH is 1. The van der Waals surface area contributed by atoms with Gasteiger partial charge in [-0.05, 0) is 5.56 Å². The van der Waals surface area contributed by atoms with Gasteiger partial charge in [0.05, 0.1) is 6.54 Å². The van der Waals surface area contributed by atoms with E-state index in [-0.39, 0.29) is 29.3 Å². The maximum absolute atomic E-state index is 13.9. The first-order valence-electron chi connectivity index (χ1n) is 11.3. The Hall–Kier alpha value is -5.38. The smallest absolute Gasteiger partial charge is 0.422 e. The molecule has 2 aromatic carbocycles. The molecule has 0 saturated heterocycles. The topological polar surface area (TPSA) is 193 Å². The lowest BCUT2D eigenvalue weighted by molar-refractivity contribution is -0.137. The Labute approximate surface area is 220 Å². The molecule has 0 aliphatic heterocycles. The Morgan fingerprint density at radius 2 is 1.70 bits per heavy atom. The standard InChI is InChI=1S/C24H16F3N7O6/c25-24(26,27)15-16(11-4-2-1-3-5-11)33-39-18(15)22-30-19(34-40-22)13-8-6-12(7-9-13)17(35)21(36)28-10-14-29-20(23(37)38)32-31-14/h1-9,17,35H,10H2,(H,28,36)(H,37,38)(H,29,31,32). The summed E-state index contributed by atoms with van der Waals surface area (Å²) in [5, 5.41) is 34.7. The number of carboxylic acid groups (broad SMARTS) is 1. The number of aromatic amines is 1. The lowest BCUT2D eigenvalue weighted by atomic mass is 10.1. The van der Waals surface area contributed by atoms with Crippen molar-refractivity contribution in [1.82, 2.24) is 35.8 Å². The second-order valence-electron chi connectivity index (χ2n) is 8.18. The summed E-state index contributed by atoms with van der Waals surface area (Å²) in [5.74, 6) is -3.92. The number of amides is 1. The average Bonchev–Trinajstić information content (AvgIpc) is 3.71. The summed E-state index contributed by atoms with van der Waals surface area (Å²) < 4.78 is 51.8. The molecule has 40 heavy (non-hydrogen) atoms. The van der Waals surface area contributed by atoms with E-state index in [4.69, 9.17) is 14.2 Å². The summed E-state index contributed by atoms with van der Waals surface area (Å²) in [6.45, 7) is -0.215. The van der Waals surface area contributed by atoms with Crippen molar-refractivity contribution in [2.24, 2.45) is 0 Å². The number of carbonyl (C=O) groups excluding carboxylic acids is 1. The van der Waals surface area contributed by atoms with E-state index in [0.717, 1.165) is 0 Å². The minimum atomic E-state index is -4.83. The Bertz CT molecular complexity index is 1660. The van der Waals surface area contributed by atoms with Gasteiger partial charge in [0.25, 0.3) is 17.6 Å². The molecule has 0 fully saturated rings. The number of benzene rings is 2. The number of aromatic nitrogens is 6. The zero-order valence-electron chi connectivity index (χ0n) is 19.9. The highest BCUT2D eigenvalue weighted by molar-refractivity contribution is 5.83. The SMILES string of the molecule is O=C(O)c1n[nH]c(CNC(=O)C(O)c2ccc(-c3noc(-c4onc(-c5ccccc5)c4C(F)(F)F)n3)cc2)n1. The van der Waals surface area contributed by atoms with E-state index in [1.54, 1.807) is 18.2 Å². The van der Waals surface area contributed by atoms with E-state index in [1.165, 1.54) is 36.4 Å². The molecule has 1 atom stereocenters. The van der Waals surface area contributed by atoms with Crippen LogP contribution in [0.25, 0.3) is 34.3 Å². The number of carbonyl (C=O) groups is 2. The Morgan fingerprint density at radius 3 is 2.35 bits per heavy atom. The van der Waals surface area contributed by atoms with Gasteiger partial charge in [0.1, 0.15) is 17.1 Å². The Balaban J connectivity index is 1.31. The van der Waals surface area contributed by atoms with E-state index >= 15 is 0 Å². The maximum atomic E-state index is 13.9. The zero-order valence-corrected chi connectivity index (χ0v) is 19.9. The van der Waals surface area contributed by atoms with Crippen LogP contribution < -0.4 is 5.32 Å². The number of aromatic carboxylic acids is 1. The fraction of sp³-hybridized carbons (Fsp3) is 0.125. The van der Waals surface area contributed by atoms with Crippen LogP contribution in [-0.4, -0.2) is 52.6 Å². The lowest BCUT2D eigenvalue weighted by Crippen LogP contribution is -2.29. The average molecular weight is 555 g/mol. The van der Waals surface area contributed by atoms with Gasteiger partial charge < -0.3 is 24.6 Å². The van der Waals surface area contributed by atoms with Crippen LogP contribution in [0.15, 0.2) is 63.6 Å². The molecule has 0 bridgehead atoms. The van der Waals surface area contributed by atoms with E-state index in [0.29, 0.717) is 5.56 Å². The summed E-state index contributed by atoms with van der Waals surface area (Å²) in [7, 11) is 0. The minimum Gasteiger partial charge on any atom is -0.475 e. The molecule has 0 spiro atoms. The number of halogens is 3. The summed E-state index contributed by atoms with van der Waals surface area (Å²) in [4.78, 5) is 30.8. The molecule has 1 unspecified atom stereocenters. The van der Waals surface area contributed by atoms with Crippen LogP contribution in [0.3, 0.4) is 0 Å². The van der Waals surface area contributed by atoms with Gasteiger partial charge in [0.15, 0.2) is 6.10 Å². The van der Waals surface area contributed by atoms with Crippen molar-refractivity contribution in [2.75, 3.05) is 0 Å². The molecule has 5 aromatic rings. The molecule has 4 N–H and O–H groups in total. The number of nitrogens with zero attached hydrogens (tertiary/aromatic N) is 5. The summed E-state index contributed by atoms with van der Waals surface area (Å²) in [6, 6.07) is 13.3. The van der Waals surface area contributed by atoms with Gasteiger partial charge in [-0.25, -0.2) is 9.78 Å². The van der Waals surface area contributed by atoms with E-state index < -0.39 is 52.9 Å². The van der Waals surface area contributed by atoms with Crippen molar-refractivity contribution in [3.8, 4) is 34.3 Å². The number of H-pyrrole nitrogens is 1. The van der Waals surface area contributed by atoms with Gasteiger partial charge in [-0.2, -0.15) is 18.2 Å². The maximum Gasteiger partial charge on any atom is 0.422 e. The number of carboxylic acids is 1. The molecular weight excluding hydrogens is 539 g/mol. The van der Waals surface area contributed by atoms with Gasteiger partial charge in [-0.1, -0.05) is 64.9 Å². The van der Waals surface area contributed by atoms with Crippen LogP contribution in [0, 0.1) is 0 Å². The molecule has 0 aliphatic carbocycles. The zero-order chi connectivity index (χ0) is 28.4. The number of aliphatic hydroxyl groups is 1. The van der Waals surface area contributed by atoms with Crippen LogP contribution >= 0.6 is 0 Å². The van der Waals surface area contributed by atoms with Gasteiger partial charge >= 0.3 is 12.1 Å². The van der Waals surface area contributed by atoms with E-state index in [9.17, 15) is 27.9 Å². The van der Waals surface area contributed by atoms with Crippen LogP contribution in [0.1, 0.15) is 33.7 Å². The highest BCUT2D eigenvalue weighted by atomic mass is 19.4. The van der Waals surface area contributed by atoms with Crippen LogP contribution in [0.5, 0.6) is 0 Å². The molecule has 204 valence electrons. The second kappa shape index (κ2) is 10.4. The van der Waals surface area contributed by atoms with Crippen LogP contribution in [0.2, 0.25) is 0 Å². The summed E-state index contributed by atoms with van der Waals surface area (Å²) >= 11 is 0. The predicted octanol–water partition coefficient (Wildman–Crippen LogP) is 3.24. The van der Waals surface area contributed by atoms with E-state index in [1.807, 2.05) is 0 Å². The van der Waals surface area contributed by atoms with Gasteiger partial charge in [0.2, 0.25) is 11.6 Å². The van der Waals surface area contributed by atoms with Crippen molar-refractivity contribution >= 4 is 11.9 Å². The molecule has 3 aromatic heterocycles. The third kappa shape index (κ3) is 5.28. The summed E-state index contributed by atoms with van der Waals surface area (Å²) in [5.41, 5.74) is -0.914. The first-order chi connectivity index (χ1) is 19.1. The van der Waals surface area contributed by atoms with Crippen LogP contribution in [-0.2, 0) is 17.5 Å². The number of alkyl halides is 3. The van der Waals surface area contributed by atoms with Crippen LogP contribution in [0.4, 0.5) is 13.2 Å². The third-order valence-corrected chi connectivity index (χ3v) is 5.53. The molecule has 1 amide bonds. The van der Waals surface area contributed by atoms with Crippen molar-refractivity contribution in [2.45, 2.75) is 18.8 Å². The predicted molar refractivity (Wildman–Crippen MR) is 126 cm³/mol. The molecule has 16 heteroatoms. The molecule has 13 nitrogen and oxygen atoms in total. The van der Waals surface area contributed by atoms with E-state index in [2.05, 4.69) is 35.8 Å². The highest BCUT2D eigenvalue weighted by Gasteiger charge is 2.43. The molecular formula is C24H16F3N7O6. The molecule has 3 heterocycles. The van der Waals surface area contributed by atoms with Gasteiger partial charge in [-0.15, -0.1) is 5.10 Å². The number of rotatable bonds is 8. The number of nitrogens with one attached hydrogen (secondary N) is 2. The van der Waals surface area contributed by atoms with Crippen molar-refractivity contribution < 1.29 is 42.0 Å². The van der Waals surface area contributed by atoms with Crippen molar-refractivity contribution in [3.05, 3.63) is 77.4 Å². The highest BCUT2D eigenvalue weighted by Crippen LogP contribution is 2.43. The van der Waals surface area contributed by atoms with Crippen molar-refractivity contribution in [3.63, 3.8) is 0 Å². The monoisotopic (exact) mass is 555 g/mol. The molecule has 0 radical (unpaired) electrons. The molecule has 0 saturated carbocycles. The normalized spacial score (nSPS) is 12.3. The van der Waals surface area contributed by atoms with Gasteiger partial charge in [-0.3, -0.25) is 9.89 Å². The first kappa shape index (κ1) is 26.2. The Kier molecular flexibility index (Phi) is 6.83. The first-order valence-corrected chi connectivity index (χ1v) is 11.3. The number of hydrogen-bond acceptors (Lipinski definition) is 10. The summed E-state index contributed by atoms with van der Waals surface area (Å²) in [6.07, 6.45) is -6.43. The molecule has 0 aliphatic rings. The molecule has 5 rings (SSSR count). The van der Waals surface area contributed by atoms with Gasteiger partial charge in [0, 0.05) is 11.1 Å². The fourth-order valence-electron chi connectivity index (χ4n) is 3.63. The fourth-order valence-corrected chi connectivity index (χ4v) is 3.63. The number of hydrogen-bond donors (Lipinski definition) is 4. The third-order valence-electron chi connectivity index (χ3n) is 5.53. The quantitative estimate of drug-likeness (QED) is 0.220. The lowest BCUT2D eigenvalue weighted by Gasteiger charge is -2.11. The Morgan fingerprint density at radius 1 is 0.975 bits per heavy atom. The largest absolute Gasteiger partial charge is 0.475 e. The second-order valence-corrected chi connectivity index (χ2v) is 8.18. The van der Waals surface area contributed by atoms with Crippen molar-refractivity contribution in [1.29, 1.82) is 0 Å².